The molecule has 0 aliphatic carbocycles. The summed E-state index contributed by atoms with van der Waals surface area (Å²) in [4.78, 5) is 66.1. The molecule has 0 spiro atoms. The van der Waals surface area contributed by atoms with Crippen molar-refractivity contribution in [2.24, 2.45) is 17.8 Å². The molecule has 0 saturated carbocycles. The Morgan fingerprint density at radius 2 is 1.63 bits per heavy atom. The minimum Gasteiger partial charge on any atom is -0.454 e. The number of nitrogens with one attached hydrogen (secondary N) is 3. The van der Waals surface area contributed by atoms with Crippen LogP contribution in [-0.2, 0) is 19.2 Å². The molecule has 2 aromatic rings. The van der Waals surface area contributed by atoms with Crippen LogP contribution in [0.5, 0.6) is 11.5 Å². The molecule has 2 aromatic carbocycles. The molecular weight excluding hydrogens is 528 g/mol. The van der Waals surface area contributed by atoms with E-state index >= 15 is 0 Å². The molecular formula is C30H36N4O7. The molecule has 1 fully saturated rings. The molecule has 2 heterocycles. The van der Waals surface area contributed by atoms with Crippen molar-refractivity contribution in [3.05, 3.63) is 54.1 Å². The first-order valence-corrected chi connectivity index (χ1v) is 13.7. The Hall–Kier alpha value is -4.41. The summed E-state index contributed by atoms with van der Waals surface area (Å²) in [5.74, 6) is -3.35. The summed E-state index contributed by atoms with van der Waals surface area (Å²) in [6, 6.07) is 11.9. The first-order valence-electron chi connectivity index (χ1n) is 13.7. The predicted octanol–water partition coefficient (Wildman–Crippen LogP) is 3.09. The predicted molar refractivity (Wildman–Crippen MR) is 150 cm³/mol. The van der Waals surface area contributed by atoms with Crippen LogP contribution >= 0.6 is 0 Å². The minimum atomic E-state index is -1.17. The lowest BCUT2D eigenvalue weighted by Gasteiger charge is -2.30. The van der Waals surface area contributed by atoms with Gasteiger partial charge in [0.05, 0.1) is 24.4 Å². The molecule has 0 aromatic heterocycles. The lowest BCUT2D eigenvalue weighted by atomic mass is 9.85. The number of urea groups is 1. The van der Waals surface area contributed by atoms with Crippen LogP contribution in [0.15, 0.2) is 48.5 Å². The largest absolute Gasteiger partial charge is 0.454 e. The molecule has 218 valence electrons. The number of carbonyl (C=O) groups is 5. The van der Waals surface area contributed by atoms with Gasteiger partial charge in [-0.2, -0.15) is 0 Å². The second kappa shape index (κ2) is 12.4. The van der Waals surface area contributed by atoms with Gasteiger partial charge in [-0.05, 0) is 37.5 Å². The lowest BCUT2D eigenvalue weighted by Crippen LogP contribution is -2.50. The van der Waals surface area contributed by atoms with Crippen LogP contribution in [0, 0.1) is 17.8 Å². The molecule has 2 aliphatic heterocycles. The molecule has 2 aliphatic rings. The average molecular weight is 565 g/mol. The number of hydrogen-bond donors (Lipinski definition) is 3. The Kier molecular flexibility index (Phi) is 8.95. The van der Waals surface area contributed by atoms with Gasteiger partial charge in [-0.25, -0.2) is 4.79 Å². The van der Waals surface area contributed by atoms with Crippen LogP contribution in [0.25, 0.3) is 0 Å². The van der Waals surface area contributed by atoms with E-state index in [1.54, 1.807) is 49.1 Å². The van der Waals surface area contributed by atoms with E-state index in [4.69, 9.17) is 9.47 Å². The monoisotopic (exact) mass is 564 g/mol. The Labute approximate surface area is 238 Å². The highest BCUT2D eigenvalue weighted by Gasteiger charge is 2.46. The summed E-state index contributed by atoms with van der Waals surface area (Å²) >= 11 is 0. The van der Waals surface area contributed by atoms with E-state index in [-0.39, 0.29) is 25.2 Å². The molecule has 41 heavy (non-hydrogen) atoms. The zero-order chi connectivity index (χ0) is 29.8. The number of benzene rings is 2. The summed E-state index contributed by atoms with van der Waals surface area (Å²) in [5.41, 5.74) is 1.30. The number of fused-ring (bicyclic) bond motifs is 1. The summed E-state index contributed by atoms with van der Waals surface area (Å²) in [6.45, 7) is 8.88. The van der Waals surface area contributed by atoms with Crippen molar-refractivity contribution < 1.29 is 33.4 Å². The number of carbonyl (C=O) groups excluding carboxylic acids is 5. The summed E-state index contributed by atoms with van der Waals surface area (Å²) in [5, 5.41) is 7.93. The number of nitrogens with zero attached hydrogens (tertiary/aromatic N) is 1. The first kappa shape index (κ1) is 29.6. The van der Waals surface area contributed by atoms with Gasteiger partial charge < -0.3 is 20.1 Å². The highest BCUT2D eigenvalue weighted by atomic mass is 16.7. The number of imide groups is 1. The van der Waals surface area contributed by atoms with Crippen LogP contribution < -0.4 is 30.3 Å². The minimum absolute atomic E-state index is 0.109. The number of ether oxygens (including phenoxy) is 2. The molecule has 11 nitrogen and oxygen atoms in total. The van der Waals surface area contributed by atoms with Crippen LogP contribution in [0.4, 0.5) is 10.5 Å². The zero-order valence-electron chi connectivity index (χ0n) is 23.8. The molecule has 11 heteroatoms. The van der Waals surface area contributed by atoms with Crippen LogP contribution in [0.3, 0.4) is 0 Å². The van der Waals surface area contributed by atoms with Gasteiger partial charge >= 0.3 is 6.03 Å². The fraction of sp³-hybridized carbons (Fsp3) is 0.433. The van der Waals surface area contributed by atoms with E-state index in [0.29, 0.717) is 22.7 Å². The molecule has 4 atom stereocenters. The highest BCUT2D eigenvalue weighted by molar-refractivity contribution is 6.16. The fourth-order valence-corrected chi connectivity index (χ4v) is 5.09. The number of anilines is 1. The average Bonchev–Trinajstić information content (AvgIpc) is 3.49. The Bertz CT molecular complexity index is 1330. The number of hydrogen-bond acceptors (Lipinski definition) is 7. The summed E-state index contributed by atoms with van der Waals surface area (Å²) in [6.07, 6.45) is -0.162. The molecule has 5 amide bonds. The maximum Gasteiger partial charge on any atom is 0.322 e. The second-order valence-electron chi connectivity index (χ2n) is 10.9. The second-order valence-corrected chi connectivity index (χ2v) is 10.9. The standard InChI is InChI=1S/C30H36N4O7/c1-16(2)26(27(36)25-18(5)28(37)33-29(25)38)32-24(35)14-21(19-9-7-6-8-10-19)31-30(39)34(17(3)4)20-11-12-22-23(13-20)41-15-40-22/h6-13,16-18,21,25-26H,14-15H2,1-5H3,(H,31,39)(H,32,35)(H,33,37,38)/t18-,21?,25?,26?/m0/s1. The third-order valence-electron chi connectivity index (χ3n) is 7.30. The Morgan fingerprint density at radius 1 is 0.951 bits per heavy atom. The van der Waals surface area contributed by atoms with E-state index in [0.717, 1.165) is 0 Å². The van der Waals surface area contributed by atoms with E-state index in [1.807, 2.05) is 32.0 Å². The van der Waals surface area contributed by atoms with Crippen molar-refractivity contribution in [2.45, 2.75) is 59.2 Å². The van der Waals surface area contributed by atoms with Crippen LogP contribution in [-0.4, -0.2) is 48.4 Å². The van der Waals surface area contributed by atoms with Crippen molar-refractivity contribution >= 4 is 35.2 Å². The maximum atomic E-state index is 13.6. The van der Waals surface area contributed by atoms with Crippen LogP contribution in [0.2, 0.25) is 0 Å². The van der Waals surface area contributed by atoms with Gasteiger partial charge in [0.15, 0.2) is 17.3 Å². The number of Topliss-reactive ketones (excluding diaryl/α,β-unsaturated/α-hetero) is 1. The van der Waals surface area contributed by atoms with Crippen molar-refractivity contribution in [3.63, 3.8) is 0 Å². The smallest absolute Gasteiger partial charge is 0.322 e. The zero-order valence-corrected chi connectivity index (χ0v) is 23.8. The highest BCUT2D eigenvalue weighted by Crippen LogP contribution is 2.36. The quantitative estimate of drug-likeness (QED) is 0.297. The van der Waals surface area contributed by atoms with Gasteiger partial charge in [-0.3, -0.25) is 29.4 Å². The van der Waals surface area contributed by atoms with Gasteiger partial charge in [0.1, 0.15) is 5.92 Å². The normalized spacial score (nSPS) is 19.1. The molecule has 1 saturated heterocycles. The van der Waals surface area contributed by atoms with E-state index in [9.17, 15) is 24.0 Å². The third kappa shape index (κ3) is 6.50. The molecule has 3 N–H and O–H groups in total. The van der Waals surface area contributed by atoms with Crippen molar-refractivity contribution in [1.82, 2.24) is 16.0 Å². The van der Waals surface area contributed by atoms with Gasteiger partial charge in [-0.15, -0.1) is 0 Å². The molecule has 0 radical (unpaired) electrons. The molecule has 0 bridgehead atoms. The maximum absolute atomic E-state index is 13.6. The van der Waals surface area contributed by atoms with E-state index < -0.39 is 53.5 Å². The molecule has 4 rings (SSSR count). The topological polar surface area (TPSA) is 143 Å². The lowest BCUT2D eigenvalue weighted by molar-refractivity contribution is -0.137. The first-order chi connectivity index (χ1) is 19.5. The van der Waals surface area contributed by atoms with Crippen molar-refractivity contribution in [2.75, 3.05) is 11.7 Å². The van der Waals surface area contributed by atoms with Gasteiger partial charge in [0.2, 0.25) is 24.5 Å². The van der Waals surface area contributed by atoms with Crippen LogP contribution in [0.1, 0.15) is 52.6 Å². The summed E-state index contributed by atoms with van der Waals surface area (Å²) < 4.78 is 10.9. The van der Waals surface area contributed by atoms with E-state index in [1.165, 1.54) is 6.92 Å². The van der Waals surface area contributed by atoms with Gasteiger partial charge in [0.25, 0.3) is 0 Å². The SMILES string of the molecule is CC(C)C(NC(=O)CC(NC(=O)N(c1ccc2c(c1)OCO2)C(C)C)c1ccccc1)C(=O)C1C(=O)NC(=O)[C@H]1C. The van der Waals surface area contributed by atoms with Crippen molar-refractivity contribution in [1.29, 1.82) is 0 Å². The number of amides is 5. The van der Waals surface area contributed by atoms with Gasteiger partial charge in [-0.1, -0.05) is 51.1 Å². The van der Waals surface area contributed by atoms with Gasteiger partial charge in [0, 0.05) is 17.8 Å². The summed E-state index contributed by atoms with van der Waals surface area (Å²) in [7, 11) is 0. The fourth-order valence-electron chi connectivity index (χ4n) is 5.09. The number of ketones is 1. The Morgan fingerprint density at radius 3 is 2.24 bits per heavy atom. The number of rotatable bonds is 10. The molecule has 3 unspecified atom stereocenters. The van der Waals surface area contributed by atoms with Crippen molar-refractivity contribution in [3.8, 4) is 11.5 Å². The Balaban J connectivity index is 1.53. The third-order valence-corrected chi connectivity index (χ3v) is 7.30. The van der Waals surface area contributed by atoms with E-state index in [2.05, 4.69) is 16.0 Å².